The molecule has 0 spiro atoms. The quantitative estimate of drug-likeness (QED) is 0.588. The lowest BCUT2D eigenvalue weighted by Crippen LogP contribution is -2.38. The number of aromatic amines is 1. The Kier molecular flexibility index (Phi) is 6.73. The number of carbonyl (C=O) groups excluding carboxylic acids is 2. The van der Waals surface area contributed by atoms with Crippen molar-refractivity contribution in [3.63, 3.8) is 0 Å². The lowest BCUT2D eigenvalue weighted by Gasteiger charge is -2.31. The molecule has 7 heteroatoms. The van der Waals surface area contributed by atoms with Crippen LogP contribution in [0.3, 0.4) is 0 Å². The Bertz CT molecular complexity index is 1030. The molecule has 168 valence electrons. The lowest BCUT2D eigenvalue weighted by atomic mass is 9.93. The zero-order valence-corrected chi connectivity index (χ0v) is 18.6. The summed E-state index contributed by atoms with van der Waals surface area (Å²) in [6, 6.07) is 13.8. The van der Waals surface area contributed by atoms with Gasteiger partial charge in [0, 0.05) is 24.7 Å². The number of nitrogens with zero attached hydrogens (tertiary/aromatic N) is 2. The summed E-state index contributed by atoms with van der Waals surface area (Å²) in [7, 11) is 0. The van der Waals surface area contributed by atoms with E-state index in [1.165, 1.54) is 5.56 Å². The molecule has 0 aliphatic carbocycles. The molecular formula is C25H30N4O3. The van der Waals surface area contributed by atoms with E-state index < -0.39 is 0 Å². The molecule has 1 saturated heterocycles. The Hall–Kier alpha value is -3.35. The Balaban J connectivity index is 1.26. The average molecular weight is 435 g/mol. The van der Waals surface area contributed by atoms with Crippen molar-refractivity contribution in [1.82, 2.24) is 20.4 Å². The molecule has 2 N–H and O–H groups in total. The maximum atomic E-state index is 12.7. The average Bonchev–Trinajstić information content (AvgIpc) is 3.50. The number of carbonyl (C=O) groups is 2. The fourth-order valence-electron chi connectivity index (χ4n) is 4.08. The Morgan fingerprint density at radius 2 is 1.94 bits per heavy atom. The highest BCUT2D eigenvalue weighted by Gasteiger charge is 2.25. The Morgan fingerprint density at radius 1 is 1.19 bits per heavy atom. The number of piperidine rings is 1. The van der Waals surface area contributed by atoms with E-state index in [0.717, 1.165) is 24.1 Å². The smallest absolute Gasteiger partial charge is 0.272 e. The minimum Gasteiger partial charge on any atom is -0.467 e. The first-order chi connectivity index (χ1) is 15.5. The second-order valence-corrected chi connectivity index (χ2v) is 8.70. The number of aromatic nitrogens is 2. The van der Waals surface area contributed by atoms with Crippen molar-refractivity contribution < 1.29 is 14.0 Å². The summed E-state index contributed by atoms with van der Waals surface area (Å²) in [5, 5.41) is 9.99. The minimum atomic E-state index is -0.236. The van der Waals surface area contributed by atoms with E-state index in [9.17, 15) is 9.59 Å². The first-order valence-corrected chi connectivity index (χ1v) is 11.2. The second-order valence-electron chi connectivity index (χ2n) is 8.70. The topological polar surface area (TPSA) is 91.2 Å². The molecule has 0 bridgehead atoms. The van der Waals surface area contributed by atoms with Gasteiger partial charge in [0.2, 0.25) is 5.91 Å². The van der Waals surface area contributed by atoms with Crippen LogP contribution in [0.5, 0.6) is 0 Å². The summed E-state index contributed by atoms with van der Waals surface area (Å²) < 4.78 is 5.23. The van der Waals surface area contributed by atoms with Crippen LogP contribution >= 0.6 is 0 Å². The monoisotopic (exact) mass is 434 g/mol. The summed E-state index contributed by atoms with van der Waals surface area (Å²) in [6.07, 6.45) is 3.72. The Labute approximate surface area is 188 Å². The van der Waals surface area contributed by atoms with E-state index in [0.29, 0.717) is 43.4 Å². The van der Waals surface area contributed by atoms with E-state index in [-0.39, 0.29) is 17.7 Å². The second kappa shape index (κ2) is 9.85. The van der Waals surface area contributed by atoms with Gasteiger partial charge in [-0.05, 0) is 48.1 Å². The number of nitrogens with one attached hydrogen (secondary N) is 2. The van der Waals surface area contributed by atoms with Crippen molar-refractivity contribution in [3.05, 3.63) is 77.0 Å². The molecular weight excluding hydrogens is 404 g/mol. The molecule has 0 atom stereocenters. The standard InChI is InChI=1S/C25H30N4O3/c1-17(2)19-7-5-18(6-8-19)14-24(30)29-11-9-20(10-12-29)22-15-23(28-27-22)25(31)26-16-21-4-3-13-32-21/h3-8,13,15,17,20H,9-12,14,16H2,1-2H3,(H,26,31)(H,27,28). The molecule has 2 amide bonds. The fraction of sp³-hybridized carbons (Fsp3) is 0.400. The summed E-state index contributed by atoms with van der Waals surface area (Å²) >= 11 is 0. The number of hydrogen-bond acceptors (Lipinski definition) is 4. The predicted molar refractivity (Wildman–Crippen MR) is 121 cm³/mol. The van der Waals surface area contributed by atoms with E-state index in [4.69, 9.17) is 4.42 Å². The molecule has 0 radical (unpaired) electrons. The van der Waals surface area contributed by atoms with E-state index in [1.807, 2.05) is 17.0 Å². The van der Waals surface area contributed by atoms with Crippen LogP contribution < -0.4 is 5.32 Å². The SMILES string of the molecule is CC(C)c1ccc(CC(=O)N2CCC(c3cc(C(=O)NCc4ccco4)n[nH]3)CC2)cc1. The molecule has 0 unspecified atom stereocenters. The van der Waals surface area contributed by atoms with E-state index >= 15 is 0 Å². The van der Waals surface area contributed by atoms with Crippen LogP contribution in [0.4, 0.5) is 0 Å². The number of H-pyrrole nitrogens is 1. The largest absolute Gasteiger partial charge is 0.467 e. The molecule has 1 aromatic carbocycles. The summed E-state index contributed by atoms with van der Waals surface area (Å²) in [5.41, 5.74) is 3.66. The zero-order chi connectivity index (χ0) is 22.5. The van der Waals surface area contributed by atoms with Crippen LogP contribution in [-0.2, 0) is 17.8 Å². The maximum absolute atomic E-state index is 12.7. The number of amides is 2. The van der Waals surface area contributed by atoms with Crippen LogP contribution in [0.1, 0.15) is 71.6 Å². The highest BCUT2D eigenvalue weighted by molar-refractivity contribution is 5.92. The molecule has 1 fully saturated rings. The van der Waals surface area contributed by atoms with Crippen LogP contribution in [0, 0.1) is 0 Å². The van der Waals surface area contributed by atoms with Gasteiger partial charge in [0.25, 0.3) is 5.91 Å². The number of rotatable bonds is 7. The fourth-order valence-corrected chi connectivity index (χ4v) is 4.08. The minimum absolute atomic E-state index is 0.170. The molecule has 2 aromatic heterocycles. The predicted octanol–water partition coefficient (Wildman–Crippen LogP) is 4.00. The summed E-state index contributed by atoms with van der Waals surface area (Å²) in [6.45, 7) is 6.09. The number of hydrogen-bond donors (Lipinski definition) is 2. The van der Waals surface area contributed by atoms with Crippen LogP contribution in [0.15, 0.2) is 53.1 Å². The normalized spacial score (nSPS) is 14.7. The summed E-state index contributed by atoms with van der Waals surface area (Å²) in [4.78, 5) is 27.0. The van der Waals surface area contributed by atoms with Crippen molar-refractivity contribution in [3.8, 4) is 0 Å². The van der Waals surface area contributed by atoms with Crippen LogP contribution in [-0.4, -0.2) is 40.0 Å². The van der Waals surface area contributed by atoms with Gasteiger partial charge in [-0.3, -0.25) is 14.7 Å². The van der Waals surface area contributed by atoms with Crippen molar-refractivity contribution in [1.29, 1.82) is 0 Å². The Morgan fingerprint density at radius 3 is 2.59 bits per heavy atom. The van der Waals surface area contributed by atoms with Gasteiger partial charge in [-0.1, -0.05) is 38.1 Å². The highest BCUT2D eigenvalue weighted by Crippen LogP contribution is 2.27. The van der Waals surface area contributed by atoms with Gasteiger partial charge in [-0.25, -0.2) is 0 Å². The van der Waals surface area contributed by atoms with Crippen molar-refractivity contribution in [2.24, 2.45) is 0 Å². The van der Waals surface area contributed by atoms with Gasteiger partial charge in [0.05, 0.1) is 19.2 Å². The zero-order valence-electron chi connectivity index (χ0n) is 18.6. The molecule has 3 heterocycles. The maximum Gasteiger partial charge on any atom is 0.272 e. The molecule has 0 saturated carbocycles. The highest BCUT2D eigenvalue weighted by atomic mass is 16.3. The van der Waals surface area contributed by atoms with Gasteiger partial charge in [0.15, 0.2) is 0 Å². The first-order valence-electron chi connectivity index (χ1n) is 11.2. The molecule has 3 aromatic rings. The van der Waals surface area contributed by atoms with E-state index in [1.54, 1.807) is 12.3 Å². The van der Waals surface area contributed by atoms with Crippen molar-refractivity contribution >= 4 is 11.8 Å². The molecule has 1 aliphatic heterocycles. The van der Waals surface area contributed by atoms with Gasteiger partial charge in [-0.15, -0.1) is 0 Å². The summed E-state index contributed by atoms with van der Waals surface area (Å²) in [5.74, 6) is 1.39. The lowest BCUT2D eigenvalue weighted by molar-refractivity contribution is -0.131. The third-order valence-electron chi connectivity index (χ3n) is 6.12. The number of benzene rings is 1. The van der Waals surface area contributed by atoms with Crippen molar-refractivity contribution in [2.75, 3.05) is 13.1 Å². The van der Waals surface area contributed by atoms with Gasteiger partial charge >= 0.3 is 0 Å². The van der Waals surface area contributed by atoms with Gasteiger partial charge in [-0.2, -0.15) is 5.10 Å². The molecule has 1 aliphatic rings. The van der Waals surface area contributed by atoms with Crippen molar-refractivity contribution in [2.45, 2.75) is 51.5 Å². The van der Waals surface area contributed by atoms with Crippen LogP contribution in [0.2, 0.25) is 0 Å². The third kappa shape index (κ3) is 5.28. The molecule has 4 rings (SSSR count). The van der Waals surface area contributed by atoms with Crippen LogP contribution in [0.25, 0.3) is 0 Å². The van der Waals surface area contributed by atoms with Gasteiger partial charge in [0.1, 0.15) is 11.5 Å². The van der Waals surface area contributed by atoms with E-state index in [2.05, 4.69) is 53.6 Å². The molecule has 7 nitrogen and oxygen atoms in total. The number of likely N-dealkylation sites (tertiary alicyclic amines) is 1. The molecule has 32 heavy (non-hydrogen) atoms. The van der Waals surface area contributed by atoms with Gasteiger partial charge < -0.3 is 14.6 Å². The number of furan rings is 1. The first kappa shape index (κ1) is 21.9. The third-order valence-corrected chi connectivity index (χ3v) is 6.12.